The van der Waals surface area contributed by atoms with E-state index in [-0.39, 0.29) is 7.69 Å². The fraction of sp³-hybridized carbons (Fsp3) is 0. The molecule has 0 aliphatic heterocycles. The van der Waals surface area contributed by atoms with Gasteiger partial charge in [-0.2, -0.15) is 0 Å². The van der Waals surface area contributed by atoms with Gasteiger partial charge >= 0.3 is 7.69 Å². The summed E-state index contributed by atoms with van der Waals surface area (Å²) in [7, 11) is -0.316. The lowest BCUT2D eigenvalue weighted by Crippen LogP contribution is -1.99. The summed E-state index contributed by atoms with van der Waals surface area (Å²) < 4.78 is 5.48. The van der Waals surface area contributed by atoms with Gasteiger partial charge in [-0.15, -0.1) is 0 Å². The molecule has 0 aliphatic carbocycles. The lowest BCUT2D eigenvalue weighted by atomic mass is 10.4. The average molecular weight is 202 g/mol. The zero-order valence-corrected chi connectivity index (χ0v) is 6.71. The Hall–Kier alpha value is -0.545. The van der Waals surface area contributed by atoms with Crippen molar-refractivity contribution in [1.29, 1.82) is 0 Å². The predicted molar refractivity (Wildman–Crippen MR) is 41.9 cm³/mol. The second kappa shape index (κ2) is 3.58. The van der Waals surface area contributed by atoms with Gasteiger partial charge in [-0.1, -0.05) is 0 Å². The van der Waals surface area contributed by atoms with Crippen molar-refractivity contribution < 1.29 is 9.68 Å². The normalized spacial score (nSPS) is 9.00. The molecular formula is C5H5BBrNO2. The van der Waals surface area contributed by atoms with Gasteiger partial charge in [0.05, 0.1) is 6.20 Å². The van der Waals surface area contributed by atoms with E-state index in [9.17, 15) is 0 Å². The topological polar surface area (TPSA) is 42.4 Å². The molecule has 1 N–H and O–H groups in total. The molecule has 3 nitrogen and oxygen atoms in total. The Labute approximate surface area is 67.5 Å². The quantitative estimate of drug-likeness (QED) is 0.560. The summed E-state index contributed by atoms with van der Waals surface area (Å²) in [6.45, 7) is 0. The van der Waals surface area contributed by atoms with Crippen LogP contribution in [-0.2, 0) is 0 Å². The summed E-state index contributed by atoms with van der Waals surface area (Å²) in [5.41, 5.74) is 0. The number of aromatic nitrogens is 1. The van der Waals surface area contributed by atoms with Crippen LogP contribution < -0.4 is 4.65 Å². The van der Waals surface area contributed by atoms with Crippen LogP contribution >= 0.6 is 15.9 Å². The smallest absolute Gasteiger partial charge is 0.504 e. The van der Waals surface area contributed by atoms with Gasteiger partial charge in [0, 0.05) is 0 Å². The maximum atomic E-state index is 8.33. The number of hydrogen-bond donors (Lipinski definition) is 1. The molecule has 0 saturated carbocycles. The van der Waals surface area contributed by atoms with Crippen LogP contribution in [0, 0.1) is 0 Å². The summed E-state index contributed by atoms with van der Waals surface area (Å²) in [6, 6.07) is 3.46. The van der Waals surface area contributed by atoms with E-state index in [1.54, 1.807) is 12.1 Å². The van der Waals surface area contributed by atoms with E-state index in [4.69, 9.17) is 9.68 Å². The number of hydrogen-bond acceptors (Lipinski definition) is 3. The molecule has 0 radical (unpaired) electrons. The summed E-state index contributed by atoms with van der Waals surface area (Å²) in [6.07, 6.45) is 1.53. The van der Waals surface area contributed by atoms with Crippen LogP contribution in [0.2, 0.25) is 0 Å². The second-order valence-corrected chi connectivity index (χ2v) is 2.40. The van der Waals surface area contributed by atoms with Crippen molar-refractivity contribution in [3.8, 4) is 5.75 Å². The maximum Gasteiger partial charge on any atom is 0.504 e. The molecule has 0 aromatic carbocycles. The lowest BCUT2D eigenvalue weighted by Gasteiger charge is -1.98. The van der Waals surface area contributed by atoms with Gasteiger partial charge < -0.3 is 9.68 Å². The third-order valence-corrected chi connectivity index (χ3v) is 1.40. The molecule has 0 unspecified atom stereocenters. The van der Waals surface area contributed by atoms with Crippen molar-refractivity contribution in [2.75, 3.05) is 0 Å². The minimum Gasteiger partial charge on any atom is -0.538 e. The van der Waals surface area contributed by atoms with E-state index >= 15 is 0 Å². The summed E-state index contributed by atoms with van der Waals surface area (Å²) >= 11 is 3.17. The van der Waals surface area contributed by atoms with Gasteiger partial charge in [0.1, 0.15) is 10.4 Å². The summed E-state index contributed by atoms with van der Waals surface area (Å²) in [4.78, 5) is 3.88. The molecule has 0 atom stereocenters. The first-order chi connectivity index (χ1) is 4.83. The Bertz CT molecular complexity index is 203. The molecule has 1 aromatic rings. The van der Waals surface area contributed by atoms with E-state index in [1.165, 1.54) is 6.20 Å². The molecule has 1 rings (SSSR count). The first kappa shape index (κ1) is 7.56. The number of halogens is 1. The zero-order chi connectivity index (χ0) is 7.40. The molecule has 1 aromatic heterocycles. The van der Waals surface area contributed by atoms with Gasteiger partial charge in [-0.25, -0.2) is 4.98 Å². The highest BCUT2D eigenvalue weighted by Gasteiger charge is 1.92. The molecule has 0 spiro atoms. The van der Waals surface area contributed by atoms with Crippen LogP contribution in [0.1, 0.15) is 0 Å². The molecule has 10 heavy (non-hydrogen) atoms. The zero-order valence-electron chi connectivity index (χ0n) is 5.12. The van der Waals surface area contributed by atoms with Gasteiger partial charge in [0.2, 0.25) is 0 Å². The van der Waals surface area contributed by atoms with Crippen LogP contribution in [0.4, 0.5) is 0 Å². The van der Waals surface area contributed by atoms with Crippen molar-refractivity contribution in [2.24, 2.45) is 0 Å². The third kappa shape index (κ3) is 2.00. The van der Waals surface area contributed by atoms with Crippen molar-refractivity contribution >= 4 is 23.6 Å². The number of pyridine rings is 1. The highest BCUT2D eigenvalue weighted by atomic mass is 79.9. The second-order valence-electron chi connectivity index (χ2n) is 1.59. The molecule has 0 aliphatic rings. The molecule has 5 heteroatoms. The summed E-state index contributed by atoms with van der Waals surface area (Å²) in [5, 5.41) is 8.33. The van der Waals surface area contributed by atoms with Gasteiger partial charge in [-0.3, -0.25) is 0 Å². The summed E-state index contributed by atoms with van der Waals surface area (Å²) in [5.74, 6) is 0.561. The SMILES string of the molecule is OBOc1ccc(Br)nc1. The molecule has 0 bridgehead atoms. The Kier molecular flexibility index (Phi) is 2.71. The minimum absolute atomic E-state index is 0.316. The third-order valence-electron chi connectivity index (χ3n) is 0.931. The fourth-order valence-corrected chi connectivity index (χ4v) is 0.757. The average Bonchev–Trinajstić information content (AvgIpc) is 1.95. The number of rotatable bonds is 2. The van der Waals surface area contributed by atoms with Gasteiger partial charge in [0.15, 0.2) is 0 Å². The lowest BCUT2D eigenvalue weighted by molar-refractivity contribution is 0.452. The van der Waals surface area contributed by atoms with Crippen LogP contribution in [0.5, 0.6) is 5.75 Å². The van der Waals surface area contributed by atoms with E-state index in [0.717, 1.165) is 4.60 Å². The molecular weight excluding hydrogens is 197 g/mol. The Morgan fingerprint density at radius 3 is 2.90 bits per heavy atom. The van der Waals surface area contributed by atoms with Crippen molar-refractivity contribution in [3.63, 3.8) is 0 Å². The van der Waals surface area contributed by atoms with E-state index in [1.807, 2.05) is 0 Å². The van der Waals surface area contributed by atoms with Crippen LogP contribution in [-0.4, -0.2) is 17.7 Å². The fourth-order valence-electron chi connectivity index (χ4n) is 0.522. The van der Waals surface area contributed by atoms with Crippen LogP contribution in [0.15, 0.2) is 22.9 Å². The Morgan fingerprint density at radius 1 is 1.60 bits per heavy atom. The Balaban J connectivity index is 2.69. The highest BCUT2D eigenvalue weighted by molar-refractivity contribution is 9.10. The predicted octanol–water partition coefficient (Wildman–Crippen LogP) is 0.482. The largest absolute Gasteiger partial charge is 0.538 e. The van der Waals surface area contributed by atoms with Gasteiger partial charge in [0.25, 0.3) is 0 Å². The maximum absolute atomic E-state index is 8.33. The number of nitrogens with zero attached hydrogens (tertiary/aromatic N) is 1. The highest BCUT2D eigenvalue weighted by Crippen LogP contribution is 2.11. The van der Waals surface area contributed by atoms with E-state index in [0.29, 0.717) is 5.75 Å². The molecule has 0 amide bonds. The molecule has 0 fully saturated rings. The first-order valence-corrected chi connectivity index (χ1v) is 3.47. The Morgan fingerprint density at radius 2 is 2.40 bits per heavy atom. The van der Waals surface area contributed by atoms with Crippen molar-refractivity contribution in [3.05, 3.63) is 22.9 Å². The first-order valence-electron chi connectivity index (χ1n) is 2.68. The van der Waals surface area contributed by atoms with Crippen molar-refractivity contribution in [1.82, 2.24) is 4.98 Å². The molecule has 52 valence electrons. The minimum atomic E-state index is -0.316. The van der Waals surface area contributed by atoms with Crippen LogP contribution in [0.25, 0.3) is 0 Å². The van der Waals surface area contributed by atoms with E-state index in [2.05, 4.69) is 20.9 Å². The van der Waals surface area contributed by atoms with Crippen molar-refractivity contribution in [2.45, 2.75) is 0 Å². The molecule has 1 heterocycles. The van der Waals surface area contributed by atoms with E-state index < -0.39 is 0 Å². The van der Waals surface area contributed by atoms with Crippen LogP contribution in [0.3, 0.4) is 0 Å². The monoisotopic (exact) mass is 201 g/mol. The standard InChI is InChI=1S/C5H5BBrNO2/c7-5-2-1-4(3-8-5)10-6-9/h1-3,6,9H. The molecule has 0 saturated heterocycles. The van der Waals surface area contributed by atoms with Gasteiger partial charge in [-0.05, 0) is 28.1 Å².